The maximum atomic E-state index is 13.3. The number of alkyl halides is 1. The Morgan fingerprint density at radius 2 is 1.36 bits per heavy atom. The van der Waals surface area contributed by atoms with Crippen molar-refractivity contribution in [2.75, 3.05) is 66.6 Å². The number of esters is 1. The van der Waals surface area contributed by atoms with E-state index in [-0.39, 0.29) is 18.8 Å². The van der Waals surface area contributed by atoms with Gasteiger partial charge in [-0.15, -0.1) is 0 Å². The van der Waals surface area contributed by atoms with Crippen molar-refractivity contribution < 1.29 is 41.7 Å². The van der Waals surface area contributed by atoms with Gasteiger partial charge in [0.2, 0.25) is 0 Å². The molecule has 2 N–H and O–H groups in total. The van der Waals surface area contributed by atoms with Crippen LogP contribution in [0.3, 0.4) is 0 Å². The molecule has 0 unspecified atom stereocenters. The maximum absolute atomic E-state index is 13.3. The molecule has 0 saturated heterocycles. The zero-order valence-electron chi connectivity index (χ0n) is 16.0. The number of halogens is 3. The van der Waals surface area contributed by atoms with Gasteiger partial charge < -0.3 is 29.4 Å². The summed E-state index contributed by atoms with van der Waals surface area (Å²) in [6.07, 6.45) is -0.0528. The normalized spacial score (nSPS) is 10.3. The lowest BCUT2D eigenvalue weighted by Crippen LogP contribution is -2.15. The van der Waals surface area contributed by atoms with Crippen LogP contribution in [0.1, 0.15) is 6.42 Å². The van der Waals surface area contributed by atoms with E-state index >= 15 is 0 Å². The predicted molar refractivity (Wildman–Crippen MR) is 96.0 cm³/mol. The fourth-order valence-corrected chi connectivity index (χ4v) is 1.73. The van der Waals surface area contributed by atoms with Crippen LogP contribution in [-0.4, -0.2) is 72.5 Å². The van der Waals surface area contributed by atoms with Crippen LogP contribution in [0.4, 0.5) is 13.2 Å². The molecule has 0 fully saturated rings. The Labute approximate surface area is 162 Å². The van der Waals surface area contributed by atoms with E-state index in [1.165, 1.54) is 0 Å². The molecule has 0 aliphatic heterocycles. The van der Waals surface area contributed by atoms with Gasteiger partial charge in [0.15, 0.2) is 11.6 Å². The lowest BCUT2D eigenvalue weighted by molar-refractivity contribution is -0.135. The second kappa shape index (κ2) is 18.6. The fraction of sp³-hybridized carbons (Fsp3) is 0.611. The van der Waals surface area contributed by atoms with E-state index in [4.69, 9.17) is 29.4 Å². The van der Waals surface area contributed by atoms with Gasteiger partial charge in [-0.2, -0.15) is 0 Å². The molecule has 1 rings (SSSR count). The first-order valence-corrected chi connectivity index (χ1v) is 8.68. The lowest BCUT2D eigenvalue weighted by Gasteiger charge is -2.08. The van der Waals surface area contributed by atoms with Crippen LogP contribution in [0.25, 0.3) is 0 Å². The van der Waals surface area contributed by atoms with Gasteiger partial charge in [0, 0.05) is 12.6 Å². The van der Waals surface area contributed by atoms with Crippen LogP contribution >= 0.6 is 0 Å². The molecule has 0 heterocycles. The first-order valence-electron chi connectivity index (χ1n) is 8.68. The highest BCUT2D eigenvalue weighted by Gasteiger charge is 2.10. The fourth-order valence-electron chi connectivity index (χ4n) is 1.73. The van der Waals surface area contributed by atoms with Crippen molar-refractivity contribution in [3.8, 4) is 5.75 Å². The van der Waals surface area contributed by atoms with Crippen LogP contribution in [0, 0.1) is 11.6 Å². The molecule has 162 valence electrons. The van der Waals surface area contributed by atoms with Gasteiger partial charge in [0.25, 0.3) is 0 Å². The SMILES string of the molecule is CF.NCCOCCOCCOCCOCCC(=O)Oc1ccc(F)cc1F. The van der Waals surface area contributed by atoms with Gasteiger partial charge >= 0.3 is 5.97 Å². The minimum atomic E-state index is -0.930. The van der Waals surface area contributed by atoms with E-state index in [1.807, 2.05) is 0 Å². The van der Waals surface area contributed by atoms with Gasteiger partial charge in [-0.3, -0.25) is 9.18 Å². The summed E-state index contributed by atoms with van der Waals surface area (Å²) in [6, 6.07) is 2.72. The molecular weight excluding hydrogens is 383 g/mol. The van der Waals surface area contributed by atoms with Gasteiger partial charge in [-0.1, -0.05) is 0 Å². The Morgan fingerprint density at radius 3 is 1.86 bits per heavy atom. The molecule has 0 saturated carbocycles. The first-order chi connectivity index (χ1) is 13.6. The number of ether oxygens (including phenoxy) is 5. The molecule has 0 amide bonds. The molecule has 7 nitrogen and oxygen atoms in total. The summed E-state index contributed by atoms with van der Waals surface area (Å²) in [5, 5.41) is 0. The highest BCUT2D eigenvalue weighted by Crippen LogP contribution is 2.17. The molecule has 0 aliphatic rings. The Kier molecular flexibility index (Phi) is 17.5. The molecule has 1 aromatic carbocycles. The minimum absolute atomic E-state index is 0.0528. The molecule has 0 aromatic heterocycles. The summed E-state index contributed by atoms with van der Waals surface area (Å²) in [4.78, 5) is 11.5. The summed E-state index contributed by atoms with van der Waals surface area (Å²) in [7, 11) is 0.500. The zero-order chi connectivity index (χ0) is 21.0. The molecule has 0 bridgehead atoms. The van der Waals surface area contributed by atoms with Crippen molar-refractivity contribution in [2.24, 2.45) is 5.73 Å². The number of benzene rings is 1. The second-order valence-electron chi connectivity index (χ2n) is 5.04. The molecule has 0 spiro atoms. The molecule has 0 radical (unpaired) electrons. The van der Waals surface area contributed by atoms with E-state index in [0.717, 1.165) is 12.1 Å². The average Bonchev–Trinajstić information content (AvgIpc) is 2.69. The topological polar surface area (TPSA) is 89.2 Å². The number of hydrogen-bond acceptors (Lipinski definition) is 7. The summed E-state index contributed by atoms with van der Waals surface area (Å²) in [6.45, 7) is 3.63. The van der Waals surface area contributed by atoms with E-state index in [0.29, 0.717) is 66.0 Å². The third kappa shape index (κ3) is 14.4. The molecular formula is C18H28F3NO6. The van der Waals surface area contributed by atoms with Crippen LogP contribution in [0.15, 0.2) is 18.2 Å². The van der Waals surface area contributed by atoms with Crippen LogP contribution in [-0.2, 0) is 23.7 Å². The lowest BCUT2D eigenvalue weighted by atomic mass is 10.3. The quantitative estimate of drug-likeness (QED) is 0.268. The number of rotatable bonds is 15. The molecule has 1 aromatic rings. The van der Waals surface area contributed by atoms with Crippen molar-refractivity contribution in [3.05, 3.63) is 29.8 Å². The van der Waals surface area contributed by atoms with E-state index in [1.54, 1.807) is 0 Å². The third-order valence-electron chi connectivity index (χ3n) is 2.95. The van der Waals surface area contributed by atoms with E-state index in [2.05, 4.69) is 0 Å². The van der Waals surface area contributed by atoms with Gasteiger partial charge in [-0.05, 0) is 12.1 Å². The van der Waals surface area contributed by atoms with Crippen molar-refractivity contribution in [1.82, 2.24) is 0 Å². The number of nitrogens with two attached hydrogens (primary N) is 1. The van der Waals surface area contributed by atoms with Crippen LogP contribution in [0.2, 0.25) is 0 Å². The largest absolute Gasteiger partial charge is 0.423 e. The third-order valence-corrected chi connectivity index (χ3v) is 2.95. The summed E-state index contributed by atoms with van der Waals surface area (Å²) < 4.78 is 61.2. The van der Waals surface area contributed by atoms with Gasteiger partial charge in [-0.25, -0.2) is 8.78 Å². The minimum Gasteiger partial charge on any atom is -0.423 e. The molecule has 28 heavy (non-hydrogen) atoms. The van der Waals surface area contributed by atoms with Crippen molar-refractivity contribution in [1.29, 1.82) is 0 Å². The second-order valence-corrected chi connectivity index (χ2v) is 5.04. The first kappa shape index (κ1) is 26.3. The predicted octanol–water partition coefficient (Wildman–Crippen LogP) is 1.87. The van der Waals surface area contributed by atoms with Crippen LogP contribution < -0.4 is 10.5 Å². The zero-order valence-corrected chi connectivity index (χ0v) is 16.0. The highest BCUT2D eigenvalue weighted by atomic mass is 19.1. The summed E-state index contributed by atoms with van der Waals surface area (Å²) in [5.74, 6) is -2.65. The van der Waals surface area contributed by atoms with Gasteiger partial charge in [0.1, 0.15) is 5.82 Å². The smallest absolute Gasteiger partial charge is 0.313 e. The summed E-state index contributed by atoms with van der Waals surface area (Å²) in [5.41, 5.74) is 5.27. The summed E-state index contributed by atoms with van der Waals surface area (Å²) >= 11 is 0. The van der Waals surface area contributed by atoms with Crippen molar-refractivity contribution >= 4 is 5.97 Å². The Balaban J connectivity index is 0.00000352. The Hall–Kier alpha value is -1.72. The monoisotopic (exact) mass is 411 g/mol. The van der Waals surface area contributed by atoms with Gasteiger partial charge in [0.05, 0.1) is 66.5 Å². The van der Waals surface area contributed by atoms with Crippen LogP contribution in [0.5, 0.6) is 5.75 Å². The number of carbonyl (C=O) groups excluding carboxylic acids is 1. The van der Waals surface area contributed by atoms with E-state index < -0.39 is 17.6 Å². The number of carbonyl (C=O) groups is 1. The van der Waals surface area contributed by atoms with Crippen molar-refractivity contribution in [3.63, 3.8) is 0 Å². The maximum Gasteiger partial charge on any atom is 0.313 e. The standard InChI is InChI=1S/C17H25F2NO6.CH3F/c18-14-1-2-16(15(19)13-14)26-17(21)3-5-22-7-9-24-11-12-25-10-8-23-6-4-20;1-2/h1-2,13H,3-12,20H2;1H3. The molecule has 10 heteroatoms. The Bertz CT molecular complexity index is 522. The molecule has 0 aliphatic carbocycles. The van der Waals surface area contributed by atoms with E-state index in [9.17, 15) is 18.0 Å². The highest BCUT2D eigenvalue weighted by molar-refractivity contribution is 5.72. The number of hydrogen-bond donors (Lipinski definition) is 1. The average molecular weight is 411 g/mol. The Morgan fingerprint density at radius 1 is 0.857 bits per heavy atom. The molecule has 0 atom stereocenters. The van der Waals surface area contributed by atoms with Crippen molar-refractivity contribution in [2.45, 2.75) is 6.42 Å².